The Labute approximate surface area is 177 Å². The van der Waals surface area contributed by atoms with Crippen LogP contribution in [-0.4, -0.2) is 38.9 Å². The molecule has 2 aromatic carbocycles. The Morgan fingerprint density at radius 2 is 1.60 bits per heavy atom. The Morgan fingerprint density at radius 1 is 0.867 bits per heavy atom. The van der Waals surface area contributed by atoms with Gasteiger partial charge in [-0.2, -0.15) is 0 Å². The molecule has 0 unspecified atom stereocenters. The molecule has 0 aliphatic carbocycles. The quantitative estimate of drug-likeness (QED) is 0.654. The van der Waals surface area contributed by atoms with Crippen LogP contribution >= 0.6 is 0 Å². The molecule has 156 valence electrons. The summed E-state index contributed by atoms with van der Waals surface area (Å²) in [6.45, 7) is 4.42. The number of amides is 1. The average Bonchev–Trinajstić information content (AvgIpc) is 3.08. The number of likely N-dealkylation sites (tertiary alicyclic amines) is 1. The van der Waals surface area contributed by atoms with Crippen LogP contribution in [0.5, 0.6) is 0 Å². The van der Waals surface area contributed by atoms with Gasteiger partial charge >= 0.3 is 0 Å². The summed E-state index contributed by atoms with van der Waals surface area (Å²) >= 11 is 0. The maximum atomic E-state index is 12.5. The third-order valence-electron chi connectivity index (χ3n) is 5.51. The van der Waals surface area contributed by atoms with E-state index in [0.29, 0.717) is 18.8 Å². The van der Waals surface area contributed by atoms with E-state index in [4.69, 9.17) is 0 Å². The summed E-state index contributed by atoms with van der Waals surface area (Å²) in [6.07, 6.45) is 6.97. The molecule has 1 N–H and O–H groups in total. The lowest BCUT2D eigenvalue weighted by Crippen LogP contribution is -2.25. The van der Waals surface area contributed by atoms with Gasteiger partial charge in [-0.3, -0.25) is 9.69 Å². The molecule has 1 saturated heterocycles. The lowest BCUT2D eigenvalue weighted by Gasteiger charge is -2.20. The van der Waals surface area contributed by atoms with Gasteiger partial charge in [-0.1, -0.05) is 72.7 Å². The van der Waals surface area contributed by atoms with E-state index >= 15 is 0 Å². The number of nitrogens with zero attached hydrogens (tertiary/aromatic N) is 4. The van der Waals surface area contributed by atoms with E-state index < -0.39 is 0 Å². The van der Waals surface area contributed by atoms with Crippen molar-refractivity contribution in [3.05, 3.63) is 83.2 Å². The first-order valence-corrected chi connectivity index (χ1v) is 10.8. The minimum Gasteiger partial charge on any atom is -0.347 e. The predicted octanol–water partition coefficient (Wildman–Crippen LogP) is 3.63. The molecule has 2 heterocycles. The molecule has 0 radical (unpaired) electrons. The maximum Gasteiger partial charge on any atom is 0.273 e. The number of rotatable bonds is 7. The van der Waals surface area contributed by atoms with Crippen molar-refractivity contribution in [1.82, 2.24) is 25.2 Å². The first-order chi connectivity index (χ1) is 14.8. The third-order valence-corrected chi connectivity index (χ3v) is 5.51. The minimum absolute atomic E-state index is 0.202. The van der Waals surface area contributed by atoms with Gasteiger partial charge in [-0.25, -0.2) is 4.68 Å². The zero-order valence-corrected chi connectivity index (χ0v) is 17.3. The fraction of sp³-hybridized carbons (Fsp3) is 0.375. The van der Waals surface area contributed by atoms with Gasteiger partial charge in [0.05, 0.1) is 12.7 Å². The predicted molar refractivity (Wildman–Crippen MR) is 117 cm³/mol. The van der Waals surface area contributed by atoms with Gasteiger partial charge in [0, 0.05) is 13.1 Å². The molecule has 4 rings (SSSR count). The topological polar surface area (TPSA) is 63.1 Å². The molecular formula is C24H29N5O. The summed E-state index contributed by atoms with van der Waals surface area (Å²) in [6, 6.07) is 18.5. The minimum atomic E-state index is -0.202. The van der Waals surface area contributed by atoms with E-state index in [9.17, 15) is 4.79 Å². The van der Waals surface area contributed by atoms with Gasteiger partial charge in [0.1, 0.15) is 0 Å². The number of benzene rings is 2. The van der Waals surface area contributed by atoms with Gasteiger partial charge in [0.2, 0.25) is 0 Å². The first-order valence-electron chi connectivity index (χ1n) is 10.8. The summed E-state index contributed by atoms with van der Waals surface area (Å²) in [4.78, 5) is 15.0. The highest BCUT2D eigenvalue weighted by Crippen LogP contribution is 2.14. The monoisotopic (exact) mass is 403 g/mol. The Morgan fingerprint density at radius 3 is 2.40 bits per heavy atom. The molecule has 6 nitrogen and oxygen atoms in total. The van der Waals surface area contributed by atoms with E-state index in [1.165, 1.54) is 44.3 Å². The van der Waals surface area contributed by atoms with Gasteiger partial charge in [-0.05, 0) is 42.6 Å². The average molecular weight is 404 g/mol. The second kappa shape index (κ2) is 10.2. The summed E-state index contributed by atoms with van der Waals surface area (Å²) in [5.74, 6) is -0.202. The number of carbonyl (C=O) groups is 1. The van der Waals surface area contributed by atoms with Crippen molar-refractivity contribution in [2.24, 2.45) is 0 Å². The van der Waals surface area contributed by atoms with Gasteiger partial charge in [0.25, 0.3) is 5.91 Å². The Bertz CT molecular complexity index is 945. The van der Waals surface area contributed by atoms with Crippen LogP contribution in [0.25, 0.3) is 0 Å². The molecule has 3 aromatic rings. The fourth-order valence-electron chi connectivity index (χ4n) is 3.91. The summed E-state index contributed by atoms with van der Waals surface area (Å²) in [5.41, 5.74) is 3.87. The second-order valence-corrected chi connectivity index (χ2v) is 7.98. The maximum absolute atomic E-state index is 12.5. The zero-order valence-electron chi connectivity index (χ0n) is 17.3. The number of aromatic nitrogens is 3. The number of hydrogen-bond donors (Lipinski definition) is 1. The van der Waals surface area contributed by atoms with Crippen molar-refractivity contribution in [3.63, 3.8) is 0 Å². The van der Waals surface area contributed by atoms with E-state index in [1.807, 2.05) is 30.3 Å². The SMILES string of the molecule is O=C(NCc1cccc(CN2CCCCCC2)c1)c1cn(Cc2ccccc2)nn1. The molecule has 1 aliphatic heterocycles. The van der Waals surface area contributed by atoms with Crippen molar-refractivity contribution >= 4 is 5.91 Å². The largest absolute Gasteiger partial charge is 0.347 e. The molecule has 1 fully saturated rings. The number of hydrogen-bond acceptors (Lipinski definition) is 4. The van der Waals surface area contributed by atoms with E-state index in [2.05, 4.69) is 44.8 Å². The molecule has 1 amide bonds. The Balaban J connectivity index is 1.30. The van der Waals surface area contributed by atoms with Crippen molar-refractivity contribution in [2.75, 3.05) is 13.1 Å². The second-order valence-electron chi connectivity index (χ2n) is 7.98. The van der Waals surface area contributed by atoms with Gasteiger partial charge in [0.15, 0.2) is 5.69 Å². The lowest BCUT2D eigenvalue weighted by molar-refractivity contribution is 0.0946. The molecule has 0 bridgehead atoms. The molecule has 0 saturated carbocycles. The van der Waals surface area contributed by atoms with Crippen LogP contribution in [0, 0.1) is 0 Å². The molecule has 1 aromatic heterocycles. The van der Waals surface area contributed by atoms with Crippen LogP contribution < -0.4 is 5.32 Å². The highest BCUT2D eigenvalue weighted by atomic mass is 16.2. The molecule has 30 heavy (non-hydrogen) atoms. The zero-order chi connectivity index (χ0) is 20.6. The van der Waals surface area contributed by atoms with Crippen LogP contribution in [-0.2, 0) is 19.6 Å². The van der Waals surface area contributed by atoms with E-state index in [-0.39, 0.29) is 5.91 Å². The third kappa shape index (κ3) is 5.76. The van der Waals surface area contributed by atoms with Crippen molar-refractivity contribution in [3.8, 4) is 0 Å². The Hall–Kier alpha value is -2.99. The number of carbonyl (C=O) groups excluding carboxylic acids is 1. The standard InChI is InChI=1S/C24H29N5O/c30-24(23-19-29(27-26-23)18-20-9-4-3-5-10-20)25-16-21-11-8-12-22(15-21)17-28-13-6-1-2-7-14-28/h3-5,8-12,15,19H,1-2,6-7,13-14,16-18H2,(H,25,30). The van der Waals surface area contributed by atoms with Gasteiger partial charge in [-0.15, -0.1) is 5.10 Å². The molecule has 0 spiro atoms. The van der Waals surface area contributed by atoms with Crippen molar-refractivity contribution < 1.29 is 4.79 Å². The summed E-state index contributed by atoms with van der Waals surface area (Å²) < 4.78 is 1.69. The molecule has 6 heteroatoms. The van der Waals surface area contributed by atoms with Crippen molar-refractivity contribution in [1.29, 1.82) is 0 Å². The summed E-state index contributed by atoms with van der Waals surface area (Å²) in [5, 5.41) is 11.1. The van der Waals surface area contributed by atoms with Crippen LogP contribution in [0.2, 0.25) is 0 Å². The number of nitrogens with one attached hydrogen (secondary N) is 1. The van der Waals surface area contributed by atoms with E-state index in [1.54, 1.807) is 10.9 Å². The smallest absolute Gasteiger partial charge is 0.273 e. The highest BCUT2D eigenvalue weighted by Gasteiger charge is 2.12. The van der Waals surface area contributed by atoms with Gasteiger partial charge < -0.3 is 5.32 Å². The van der Waals surface area contributed by atoms with Crippen LogP contribution in [0.4, 0.5) is 0 Å². The highest BCUT2D eigenvalue weighted by molar-refractivity contribution is 5.91. The van der Waals surface area contributed by atoms with Crippen LogP contribution in [0.3, 0.4) is 0 Å². The Kier molecular flexibility index (Phi) is 6.87. The fourth-order valence-corrected chi connectivity index (χ4v) is 3.91. The molecule has 0 atom stereocenters. The van der Waals surface area contributed by atoms with Crippen LogP contribution in [0.15, 0.2) is 60.8 Å². The van der Waals surface area contributed by atoms with Crippen molar-refractivity contribution in [2.45, 2.75) is 45.3 Å². The normalized spacial score (nSPS) is 14.9. The first kappa shape index (κ1) is 20.3. The van der Waals surface area contributed by atoms with Crippen LogP contribution in [0.1, 0.15) is 52.9 Å². The molecule has 1 aliphatic rings. The summed E-state index contributed by atoms with van der Waals surface area (Å²) in [7, 11) is 0. The van der Waals surface area contributed by atoms with E-state index in [0.717, 1.165) is 17.7 Å². The lowest BCUT2D eigenvalue weighted by atomic mass is 10.1. The molecular weight excluding hydrogens is 374 g/mol.